The summed E-state index contributed by atoms with van der Waals surface area (Å²) in [6, 6.07) is 8.00. The monoisotopic (exact) mass is 338 g/mol. The molecule has 0 atom stereocenters. The van der Waals surface area contributed by atoms with Gasteiger partial charge in [0.25, 0.3) is 0 Å². The first-order valence-electron chi connectivity index (χ1n) is 7.99. The number of carbonyl (C=O) groups excluding carboxylic acids is 1. The first kappa shape index (κ1) is 17.2. The van der Waals surface area contributed by atoms with Crippen molar-refractivity contribution in [2.75, 3.05) is 0 Å². The predicted molar refractivity (Wildman–Crippen MR) is 95.1 cm³/mol. The summed E-state index contributed by atoms with van der Waals surface area (Å²) < 4.78 is 0. The molecule has 1 amide bonds. The van der Waals surface area contributed by atoms with E-state index in [1.165, 1.54) is 25.7 Å². The highest BCUT2D eigenvalue weighted by atomic mass is 35.5. The van der Waals surface area contributed by atoms with Gasteiger partial charge in [0.05, 0.1) is 0 Å². The van der Waals surface area contributed by atoms with E-state index in [1.54, 1.807) is 0 Å². The summed E-state index contributed by atoms with van der Waals surface area (Å²) in [5.74, 6) is -0.0639. The molecule has 5 heteroatoms. The molecule has 0 bridgehead atoms. The molecule has 0 heterocycles. The molecule has 0 radical (unpaired) electrons. The van der Waals surface area contributed by atoms with Crippen molar-refractivity contribution in [1.29, 1.82) is 0 Å². The third-order valence-electron chi connectivity index (χ3n) is 4.02. The van der Waals surface area contributed by atoms with E-state index in [1.807, 2.05) is 24.3 Å². The van der Waals surface area contributed by atoms with Crippen molar-refractivity contribution in [3.8, 4) is 0 Å². The van der Waals surface area contributed by atoms with Crippen molar-refractivity contribution in [3.05, 3.63) is 34.9 Å². The Balaban J connectivity index is 1.72. The Morgan fingerprint density at radius 2 is 1.86 bits per heavy atom. The third-order valence-corrected chi connectivity index (χ3v) is 4.61. The number of thiocarbonyl (C=S) groups is 1. The Hall–Kier alpha value is -1.13. The van der Waals surface area contributed by atoms with Gasteiger partial charge in [0.15, 0.2) is 5.11 Å². The molecule has 1 saturated carbocycles. The molecule has 1 fully saturated rings. The number of amides is 1. The van der Waals surface area contributed by atoms with Gasteiger partial charge in [-0.1, -0.05) is 55.5 Å². The smallest absolute Gasteiger partial charge is 0.226 e. The van der Waals surface area contributed by atoms with Crippen LogP contribution in [0.15, 0.2) is 24.3 Å². The minimum Gasteiger partial charge on any atom is -0.360 e. The second-order valence-electron chi connectivity index (χ2n) is 5.80. The summed E-state index contributed by atoms with van der Waals surface area (Å²) in [7, 11) is 0. The second kappa shape index (κ2) is 9.11. The quantitative estimate of drug-likeness (QED) is 0.644. The SMILES string of the molecule is O=C(CCc1ccccc1Cl)NC(=S)NC1CCCCCC1. The van der Waals surface area contributed by atoms with Gasteiger partial charge >= 0.3 is 0 Å². The summed E-state index contributed by atoms with van der Waals surface area (Å²) in [5.41, 5.74) is 0.988. The molecule has 1 aromatic carbocycles. The highest BCUT2D eigenvalue weighted by Crippen LogP contribution is 2.17. The van der Waals surface area contributed by atoms with Crippen LogP contribution in [0.2, 0.25) is 5.02 Å². The van der Waals surface area contributed by atoms with Crippen molar-refractivity contribution in [2.24, 2.45) is 0 Å². The highest BCUT2D eigenvalue weighted by Gasteiger charge is 2.14. The van der Waals surface area contributed by atoms with Crippen LogP contribution in [0.4, 0.5) is 0 Å². The second-order valence-corrected chi connectivity index (χ2v) is 6.62. The zero-order valence-corrected chi connectivity index (χ0v) is 14.3. The summed E-state index contributed by atoms with van der Waals surface area (Å²) in [5, 5.41) is 7.21. The molecule has 0 spiro atoms. The molecule has 1 aliphatic rings. The van der Waals surface area contributed by atoms with Crippen molar-refractivity contribution >= 4 is 34.8 Å². The fraction of sp³-hybridized carbons (Fsp3) is 0.529. The Labute approximate surface area is 142 Å². The maximum Gasteiger partial charge on any atom is 0.226 e. The first-order chi connectivity index (χ1) is 10.6. The van der Waals surface area contributed by atoms with Crippen LogP contribution in [0.25, 0.3) is 0 Å². The van der Waals surface area contributed by atoms with Crippen molar-refractivity contribution in [3.63, 3.8) is 0 Å². The van der Waals surface area contributed by atoms with Crippen LogP contribution >= 0.6 is 23.8 Å². The lowest BCUT2D eigenvalue weighted by atomic mass is 10.1. The Morgan fingerprint density at radius 1 is 1.18 bits per heavy atom. The molecule has 2 N–H and O–H groups in total. The van der Waals surface area contributed by atoms with Gasteiger partial charge in [-0.25, -0.2) is 0 Å². The molecule has 1 aliphatic carbocycles. The highest BCUT2D eigenvalue weighted by molar-refractivity contribution is 7.80. The van der Waals surface area contributed by atoms with E-state index >= 15 is 0 Å². The Bertz CT molecular complexity index is 513. The lowest BCUT2D eigenvalue weighted by molar-refractivity contribution is -0.119. The number of benzene rings is 1. The number of carbonyl (C=O) groups is 1. The topological polar surface area (TPSA) is 41.1 Å². The van der Waals surface area contributed by atoms with E-state index < -0.39 is 0 Å². The van der Waals surface area contributed by atoms with Crippen molar-refractivity contribution in [2.45, 2.75) is 57.4 Å². The maximum absolute atomic E-state index is 12.0. The number of hydrogen-bond donors (Lipinski definition) is 2. The molecule has 120 valence electrons. The molecular weight excluding hydrogens is 316 g/mol. The zero-order valence-electron chi connectivity index (χ0n) is 12.7. The van der Waals surface area contributed by atoms with Gasteiger partial charge < -0.3 is 10.6 Å². The molecule has 1 aromatic rings. The van der Waals surface area contributed by atoms with Crippen molar-refractivity contribution in [1.82, 2.24) is 10.6 Å². The van der Waals surface area contributed by atoms with Gasteiger partial charge in [0, 0.05) is 17.5 Å². The van der Waals surface area contributed by atoms with E-state index in [9.17, 15) is 4.79 Å². The van der Waals surface area contributed by atoms with E-state index in [0.717, 1.165) is 18.4 Å². The first-order valence-corrected chi connectivity index (χ1v) is 8.77. The molecule has 2 rings (SSSR count). The number of rotatable bonds is 4. The summed E-state index contributed by atoms with van der Waals surface area (Å²) in [6.07, 6.45) is 8.35. The van der Waals surface area contributed by atoms with Crippen LogP contribution in [0, 0.1) is 0 Å². The maximum atomic E-state index is 12.0. The van der Waals surface area contributed by atoms with Crippen molar-refractivity contribution < 1.29 is 4.79 Å². The molecule has 0 unspecified atom stereocenters. The lowest BCUT2D eigenvalue weighted by Crippen LogP contribution is -2.44. The average Bonchev–Trinajstić information content (AvgIpc) is 2.75. The Morgan fingerprint density at radius 3 is 2.55 bits per heavy atom. The molecule has 0 saturated heterocycles. The fourth-order valence-electron chi connectivity index (χ4n) is 2.78. The van der Waals surface area contributed by atoms with Crippen LogP contribution < -0.4 is 10.6 Å². The normalized spacial score (nSPS) is 15.9. The van der Waals surface area contributed by atoms with E-state index in [-0.39, 0.29) is 5.91 Å². The minimum atomic E-state index is -0.0639. The number of nitrogens with one attached hydrogen (secondary N) is 2. The van der Waals surface area contributed by atoms with Crippen LogP contribution in [0.5, 0.6) is 0 Å². The van der Waals surface area contributed by atoms with Gasteiger partial charge in [-0.05, 0) is 43.1 Å². The zero-order chi connectivity index (χ0) is 15.8. The van der Waals surface area contributed by atoms with E-state index in [4.69, 9.17) is 23.8 Å². The van der Waals surface area contributed by atoms with Gasteiger partial charge in [0.2, 0.25) is 5.91 Å². The predicted octanol–water partition coefficient (Wildman–Crippen LogP) is 3.99. The molecule has 0 aromatic heterocycles. The van der Waals surface area contributed by atoms with Crippen LogP contribution in [0.3, 0.4) is 0 Å². The van der Waals surface area contributed by atoms with E-state index in [2.05, 4.69) is 10.6 Å². The summed E-state index contributed by atoms with van der Waals surface area (Å²) in [6.45, 7) is 0. The van der Waals surface area contributed by atoms with Gasteiger partial charge in [0.1, 0.15) is 0 Å². The summed E-state index contributed by atoms with van der Waals surface area (Å²) in [4.78, 5) is 12.0. The standard InChI is InChI=1S/C17H23ClN2OS/c18-15-10-6-5-7-13(15)11-12-16(21)20-17(22)19-14-8-3-1-2-4-9-14/h5-7,10,14H,1-4,8-9,11-12H2,(H2,19,20,21,22). The minimum absolute atomic E-state index is 0.0639. The lowest BCUT2D eigenvalue weighted by Gasteiger charge is -2.18. The van der Waals surface area contributed by atoms with Gasteiger partial charge in [-0.2, -0.15) is 0 Å². The fourth-order valence-corrected chi connectivity index (χ4v) is 3.29. The van der Waals surface area contributed by atoms with Crippen LogP contribution in [-0.2, 0) is 11.2 Å². The van der Waals surface area contributed by atoms with E-state index in [0.29, 0.717) is 29.0 Å². The van der Waals surface area contributed by atoms with Gasteiger partial charge in [-0.3, -0.25) is 4.79 Å². The number of hydrogen-bond acceptors (Lipinski definition) is 2. The molecular formula is C17H23ClN2OS. The average molecular weight is 339 g/mol. The Kier molecular flexibility index (Phi) is 7.13. The number of halogens is 1. The largest absolute Gasteiger partial charge is 0.360 e. The van der Waals surface area contributed by atoms with Crippen LogP contribution in [-0.4, -0.2) is 17.1 Å². The van der Waals surface area contributed by atoms with Crippen LogP contribution in [0.1, 0.15) is 50.5 Å². The molecule has 3 nitrogen and oxygen atoms in total. The molecule has 0 aliphatic heterocycles. The summed E-state index contributed by atoms with van der Waals surface area (Å²) >= 11 is 11.3. The third kappa shape index (κ3) is 5.93. The number of aryl methyl sites for hydroxylation is 1. The van der Waals surface area contributed by atoms with Gasteiger partial charge in [-0.15, -0.1) is 0 Å². The molecule has 22 heavy (non-hydrogen) atoms.